The smallest absolute Gasteiger partial charge is 0.310 e. The highest BCUT2D eigenvalue weighted by molar-refractivity contribution is 5.96. The van der Waals surface area contributed by atoms with Crippen LogP contribution in [0, 0.1) is 12.8 Å². The van der Waals surface area contributed by atoms with Crippen LogP contribution in [-0.4, -0.2) is 31.2 Å². The Morgan fingerprint density at radius 3 is 3.05 bits per heavy atom. The lowest BCUT2D eigenvalue weighted by molar-refractivity contribution is -0.145. The Labute approximate surface area is 124 Å². The van der Waals surface area contributed by atoms with Crippen LogP contribution in [0.25, 0.3) is 10.8 Å². The van der Waals surface area contributed by atoms with Gasteiger partial charge in [-0.15, -0.1) is 0 Å². The molecule has 1 unspecified atom stereocenters. The molecule has 2 heterocycles. The largest absolute Gasteiger partial charge is 0.469 e. The van der Waals surface area contributed by atoms with E-state index in [4.69, 9.17) is 4.74 Å². The number of esters is 1. The first-order valence-corrected chi connectivity index (χ1v) is 7.37. The minimum atomic E-state index is -0.0988. The lowest BCUT2D eigenvalue weighted by Crippen LogP contribution is -2.39. The summed E-state index contributed by atoms with van der Waals surface area (Å²) < 4.78 is 4.91. The van der Waals surface area contributed by atoms with Crippen molar-refractivity contribution in [1.29, 1.82) is 0 Å². The van der Waals surface area contributed by atoms with Gasteiger partial charge in [0.15, 0.2) is 0 Å². The van der Waals surface area contributed by atoms with Gasteiger partial charge in [0.05, 0.1) is 13.0 Å². The number of piperidine rings is 1. The third kappa shape index (κ3) is 2.58. The van der Waals surface area contributed by atoms with Crippen molar-refractivity contribution < 1.29 is 9.53 Å². The molecule has 1 aliphatic rings. The fraction of sp³-hybridized carbons (Fsp3) is 0.412. The van der Waals surface area contributed by atoms with E-state index >= 15 is 0 Å². The summed E-state index contributed by atoms with van der Waals surface area (Å²) >= 11 is 0. The van der Waals surface area contributed by atoms with Gasteiger partial charge in [0, 0.05) is 41.9 Å². The first-order valence-electron chi connectivity index (χ1n) is 7.37. The van der Waals surface area contributed by atoms with Crippen LogP contribution in [0.4, 0.5) is 5.69 Å². The Morgan fingerprint density at radius 2 is 2.24 bits per heavy atom. The van der Waals surface area contributed by atoms with Crippen molar-refractivity contribution in [3.8, 4) is 0 Å². The van der Waals surface area contributed by atoms with Crippen LogP contribution >= 0.6 is 0 Å². The standard InChI is InChI=1S/C17H20N2O2/c1-12-9-18-10-13-5-3-7-15(16(12)13)19-8-4-6-14(11-19)17(20)21-2/h3,5,7,9-10,14H,4,6,8,11H2,1-2H3. The molecule has 0 bridgehead atoms. The lowest BCUT2D eigenvalue weighted by Gasteiger charge is -2.34. The summed E-state index contributed by atoms with van der Waals surface area (Å²) in [4.78, 5) is 18.4. The number of rotatable bonds is 2. The monoisotopic (exact) mass is 284 g/mol. The molecule has 1 saturated heterocycles. The summed E-state index contributed by atoms with van der Waals surface area (Å²) in [6.07, 6.45) is 5.72. The fourth-order valence-corrected chi connectivity index (χ4v) is 3.21. The first-order chi connectivity index (χ1) is 10.2. The molecule has 0 radical (unpaired) electrons. The zero-order valence-electron chi connectivity index (χ0n) is 12.5. The van der Waals surface area contributed by atoms with Gasteiger partial charge in [0.1, 0.15) is 0 Å². The van der Waals surface area contributed by atoms with Crippen molar-refractivity contribution in [2.45, 2.75) is 19.8 Å². The van der Waals surface area contributed by atoms with Gasteiger partial charge in [-0.25, -0.2) is 0 Å². The number of pyridine rings is 1. The molecule has 2 aromatic rings. The number of aryl methyl sites for hydroxylation is 1. The number of benzene rings is 1. The maximum atomic E-state index is 11.8. The number of ether oxygens (including phenoxy) is 1. The highest BCUT2D eigenvalue weighted by atomic mass is 16.5. The minimum absolute atomic E-state index is 0.0267. The molecule has 110 valence electrons. The van der Waals surface area contributed by atoms with E-state index in [0.29, 0.717) is 0 Å². The Bertz CT molecular complexity index is 664. The van der Waals surface area contributed by atoms with Crippen molar-refractivity contribution in [1.82, 2.24) is 4.98 Å². The summed E-state index contributed by atoms with van der Waals surface area (Å²) in [5, 5.41) is 2.38. The topological polar surface area (TPSA) is 42.4 Å². The SMILES string of the molecule is COC(=O)C1CCCN(c2cccc3cncc(C)c23)C1. The number of aromatic nitrogens is 1. The van der Waals surface area contributed by atoms with Gasteiger partial charge in [-0.3, -0.25) is 9.78 Å². The summed E-state index contributed by atoms with van der Waals surface area (Å²) in [5.74, 6) is -0.125. The van der Waals surface area contributed by atoms with E-state index in [1.807, 2.05) is 12.4 Å². The van der Waals surface area contributed by atoms with Gasteiger partial charge in [-0.1, -0.05) is 12.1 Å². The van der Waals surface area contributed by atoms with E-state index in [-0.39, 0.29) is 11.9 Å². The van der Waals surface area contributed by atoms with Crippen LogP contribution in [0.5, 0.6) is 0 Å². The van der Waals surface area contributed by atoms with E-state index in [2.05, 4.69) is 35.0 Å². The zero-order chi connectivity index (χ0) is 14.8. The second kappa shape index (κ2) is 5.72. The van der Waals surface area contributed by atoms with E-state index in [1.165, 1.54) is 23.7 Å². The molecule has 0 spiro atoms. The number of hydrogen-bond acceptors (Lipinski definition) is 4. The summed E-state index contributed by atoms with van der Waals surface area (Å²) in [6, 6.07) is 6.27. The first kappa shape index (κ1) is 13.9. The molecule has 1 fully saturated rings. The number of fused-ring (bicyclic) bond motifs is 1. The number of nitrogens with zero attached hydrogens (tertiary/aromatic N) is 2. The highest BCUT2D eigenvalue weighted by Gasteiger charge is 2.27. The second-order valence-electron chi connectivity index (χ2n) is 5.64. The number of carbonyl (C=O) groups excluding carboxylic acids is 1. The van der Waals surface area contributed by atoms with E-state index < -0.39 is 0 Å². The van der Waals surface area contributed by atoms with Crippen LogP contribution < -0.4 is 4.90 Å². The van der Waals surface area contributed by atoms with Gasteiger partial charge in [0.25, 0.3) is 0 Å². The van der Waals surface area contributed by atoms with Gasteiger partial charge in [0.2, 0.25) is 0 Å². The number of hydrogen-bond donors (Lipinski definition) is 0. The van der Waals surface area contributed by atoms with Gasteiger partial charge >= 0.3 is 5.97 Å². The molecule has 1 atom stereocenters. The summed E-state index contributed by atoms with van der Waals surface area (Å²) in [5.41, 5.74) is 2.37. The maximum Gasteiger partial charge on any atom is 0.310 e. The predicted molar refractivity (Wildman–Crippen MR) is 83.4 cm³/mol. The Morgan fingerprint density at radius 1 is 1.38 bits per heavy atom. The second-order valence-corrected chi connectivity index (χ2v) is 5.64. The molecule has 0 aliphatic carbocycles. The molecule has 3 rings (SSSR count). The summed E-state index contributed by atoms with van der Waals surface area (Å²) in [7, 11) is 1.47. The van der Waals surface area contributed by atoms with Gasteiger partial charge < -0.3 is 9.64 Å². The molecular weight excluding hydrogens is 264 g/mol. The van der Waals surface area contributed by atoms with Crippen LogP contribution in [0.15, 0.2) is 30.6 Å². The molecule has 1 aromatic heterocycles. The number of methoxy groups -OCH3 is 1. The highest BCUT2D eigenvalue weighted by Crippen LogP contribution is 2.32. The predicted octanol–water partition coefficient (Wildman–Crippen LogP) is 2.93. The third-order valence-electron chi connectivity index (χ3n) is 4.25. The molecular formula is C17H20N2O2. The molecule has 0 saturated carbocycles. The van der Waals surface area contributed by atoms with Crippen LogP contribution in [-0.2, 0) is 9.53 Å². The molecule has 4 heteroatoms. The number of carbonyl (C=O) groups is 1. The van der Waals surface area contributed by atoms with Gasteiger partial charge in [-0.05, 0) is 31.4 Å². The average molecular weight is 284 g/mol. The van der Waals surface area contributed by atoms with E-state index in [9.17, 15) is 4.79 Å². The van der Waals surface area contributed by atoms with E-state index in [1.54, 1.807) is 0 Å². The maximum absolute atomic E-state index is 11.8. The van der Waals surface area contributed by atoms with Crippen molar-refractivity contribution >= 4 is 22.4 Å². The lowest BCUT2D eigenvalue weighted by atomic mass is 9.96. The third-order valence-corrected chi connectivity index (χ3v) is 4.25. The Kier molecular flexibility index (Phi) is 3.78. The normalized spacial score (nSPS) is 18.8. The van der Waals surface area contributed by atoms with Crippen LogP contribution in [0.2, 0.25) is 0 Å². The van der Waals surface area contributed by atoms with Gasteiger partial charge in [-0.2, -0.15) is 0 Å². The molecule has 1 aliphatic heterocycles. The van der Waals surface area contributed by atoms with E-state index in [0.717, 1.165) is 31.3 Å². The molecule has 1 aromatic carbocycles. The Hall–Kier alpha value is -2.10. The minimum Gasteiger partial charge on any atom is -0.469 e. The summed E-state index contributed by atoms with van der Waals surface area (Å²) in [6.45, 7) is 3.79. The average Bonchev–Trinajstić information content (AvgIpc) is 2.54. The fourth-order valence-electron chi connectivity index (χ4n) is 3.21. The zero-order valence-corrected chi connectivity index (χ0v) is 12.5. The van der Waals surface area contributed by atoms with Crippen molar-refractivity contribution in [3.05, 3.63) is 36.2 Å². The molecule has 4 nitrogen and oxygen atoms in total. The van der Waals surface area contributed by atoms with Crippen molar-refractivity contribution in [2.75, 3.05) is 25.1 Å². The molecule has 21 heavy (non-hydrogen) atoms. The van der Waals surface area contributed by atoms with Crippen molar-refractivity contribution in [3.63, 3.8) is 0 Å². The quantitative estimate of drug-likeness (QED) is 0.795. The molecule has 0 amide bonds. The van der Waals surface area contributed by atoms with Crippen LogP contribution in [0.1, 0.15) is 18.4 Å². The van der Waals surface area contributed by atoms with Crippen LogP contribution in [0.3, 0.4) is 0 Å². The Balaban J connectivity index is 1.98. The van der Waals surface area contributed by atoms with Crippen molar-refractivity contribution in [2.24, 2.45) is 5.92 Å². The number of anilines is 1. The molecule has 0 N–H and O–H groups in total.